The van der Waals surface area contributed by atoms with Crippen LogP contribution in [-0.4, -0.2) is 34.9 Å². The first kappa shape index (κ1) is 28.6. The smallest absolute Gasteiger partial charge is 0.174 e. The molecule has 4 heterocycles. The lowest BCUT2D eigenvalue weighted by atomic mass is 9.91. The summed E-state index contributed by atoms with van der Waals surface area (Å²) in [6, 6.07) is 22.6. The fraction of sp³-hybridized carbons (Fsp3) is 0.353. The van der Waals surface area contributed by atoms with Gasteiger partial charge in [0.15, 0.2) is 5.11 Å². The SMILES string of the molecule is COc1cccc(-n2c(C)cc(C3C(c4ccccn4)NC(=S)N3c3ccc(N4CC(C)CC(C)C4)c(Cl)c3)c2C)c1. The van der Waals surface area contributed by atoms with Gasteiger partial charge in [-0.3, -0.25) is 4.98 Å². The number of hydrogen-bond donors (Lipinski definition) is 1. The molecule has 0 spiro atoms. The van der Waals surface area contributed by atoms with Crippen LogP contribution in [0.5, 0.6) is 5.75 Å². The molecular formula is C34H38ClN5OS. The summed E-state index contributed by atoms with van der Waals surface area (Å²) in [6.07, 6.45) is 3.09. The molecule has 6 rings (SSSR count). The number of hydrogen-bond acceptors (Lipinski definition) is 4. The summed E-state index contributed by atoms with van der Waals surface area (Å²) in [6.45, 7) is 11.0. The highest BCUT2D eigenvalue weighted by Crippen LogP contribution is 2.45. The number of aromatic nitrogens is 2. The van der Waals surface area contributed by atoms with Crippen molar-refractivity contribution in [1.29, 1.82) is 0 Å². The van der Waals surface area contributed by atoms with Crippen LogP contribution >= 0.6 is 23.8 Å². The summed E-state index contributed by atoms with van der Waals surface area (Å²) in [5.41, 5.74) is 7.51. The van der Waals surface area contributed by atoms with E-state index in [2.05, 4.69) is 89.8 Å². The second-order valence-electron chi connectivity index (χ2n) is 11.8. The number of benzene rings is 2. The number of methoxy groups -OCH3 is 1. The van der Waals surface area contributed by atoms with E-state index >= 15 is 0 Å². The van der Waals surface area contributed by atoms with Crippen LogP contribution in [0.3, 0.4) is 0 Å². The van der Waals surface area contributed by atoms with Gasteiger partial charge in [-0.2, -0.15) is 0 Å². The monoisotopic (exact) mass is 599 g/mol. The van der Waals surface area contributed by atoms with E-state index in [1.807, 2.05) is 30.5 Å². The predicted molar refractivity (Wildman–Crippen MR) is 176 cm³/mol. The summed E-state index contributed by atoms with van der Waals surface area (Å²) in [5.74, 6) is 2.11. The van der Waals surface area contributed by atoms with Crippen LogP contribution in [0.15, 0.2) is 72.9 Å². The van der Waals surface area contributed by atoms with Crippen molar-refractivity contribution in [2.45, 2.75) is 46.2 Å². The Morgan fingerprint density at radius 3 is 2.43 bits per heavy atom. The molecule has 0 saturated carbocycles. The molecule has 6 nitrogen and oxygen atoms in total. The fourth-order valence-electron chi connectivity index (χ4n) is 6.94. The van der Waals surface area contributed by atoms with Gasteiger partial charge >= 0.3 is 0 Å². The van der Waals surface area contributed by atoms with E-state index in [0.717, 1.165) is 58.0 Å². The van der Waals surface area contributed by atoms with Crippen LogP contribution < -0.4 is 19.9 Å². The van der Waals surface area contributed by atoms with Gasteiger partial charge in [0.25, 0.3) is 0 Å². The maximum atomic E-state index is 7.04. The number of nitrogens with zero attached hydrogens (tertiary/aromatic N) is 4. The van der Waals surface area contributed by atoms with Crippen molar-refractivity contribution in [3.05, 3.63) is 101 Å². The number of rotatable bonds is 6. The minimum Gasteiger partial charge on any atom is -0.497 e. The van der Waals surface area contributed by atoms with Gasteiger partial charge in [-0.15, -0.1) is 0 Å². The lowest BCUT2D eigenvalue weighted by molar-refractivity contribution is 0.357. The van der Waals surface area contributed by atoms with Gasteiger partial charge in [0.2, 0.25) is 0 Å². The van der Waals surface area contributed by atoms with E-state index in [1.54, 1.807) is 7.11 Å². The third-order valence-electron chi connectivity index (χ3n) is 8.62. The van der Waals surface area contributed by atoms with Gasteiger partial charge in [-0.1, -0.05) is 37.6 Å². The van der Waals surface area contributed by atoms with Gasteiger partial charge in [0, 0.05) is 48.1 Å². The predicted octanol–water partition coefficient (Wildman–Crippen LogP) is 7.81. The van der Waals surface area contributed by atoms with Gasteiger partial charge in [-0.25, -0.2) is 0 Å². The molecule has 4 aromatic rings. The molecule has 0 aliphatic carbocycles. The van der Waals surface area contributed by atoms with Crippen molar-refractivity contribution in [2.75, 3.05) is 30.0 Å². The second kappa shape index (κ2) is 11.6. The Kier molecular flexibility index (Phi) is 7.90. The van der Waals surface area contributed by atoms with Crippen LogP contribution in [0.1, 0.15) is 55.0 Å². The Bertz CT molecular complexity index is 1590. The lowest BCUT2D eigenvalue weighted by Gasteiger charge is -2.37. The fourth-order valence-corrected chi connectivity index (χ4v) is 7.58. The zero-order chi connectivity index (χ0) is 29.5. The maximum Gasteiger partial charge on any atom is 0.174 e. The Labute approximate surface area is 259 Å². The van der Waals surface area contributed by atoms with Crippen molar-refractivity contribution in [2.24, 2.45) is 11.8 Å². The first-order chi connectivity index (χ1) is 20.2. The largest absolute Gasteiger partial charge is 0.497 e. The number of anilines is 2. The number of aryl methyl sites for hydroxylation is 1. The van der Waals surface area contributed by atoms with Crippen molar-refractivity contribution < 1.29 is 4.74 Å². The van der Waals surface area contributed by atoms with Crippen LogP contribution in [-0.2, 0) is 0 Å². The summed E-state index contributed by atoms with van der Waals surface area (Å²) >= 11 is 13.1. The van der Waals surface area contributed by atoms with E-state index in [1.165, 1.54) is 12.0 Å². The second-order valence-corrected chi connectivity index (χ2v) is 12.6. The zero-order valence-electron chi connectivity index (χ0n) is 24.8. The van der Waals surface area contributed by atoms with Crippen LogP contribution in [0.4, 0.5) is 11.4 Å². The first-order valence-electron chi connectivity index (χ1n) is 14.6. The molecule has 0 radical (unpaired) electrons. The molecule has 4 unspecified atom stereocenters. The van der Waals surface area contributed by atoms with Crippen molar-refractivity contribution in [3.8, 4) is 11.4 Å². The summed E-state index contributed by atoms with van der Waals surface area (Å²) in [4.78, 5) is 9.38. The van der Waals surface area contributed by atoms with E-state index in [-0.39, 0.29) is 12.1 Å². The highest BCUT2D eigenvalue weighted by molar-refractivity contribution is 7.80. The van der Waals surface area contributed by atoms with Crippen molar-refractivity contribution >= 4 is 40.3 Å². The highest BCUT2D eigenvalue weighted by Gasteiger charge is 2.42. The maximum absolute atomic E-state index is 7.04. The molecule has 4 atom stereocenters. The third kappa shape index (κ3) is 5.25. The Hall–Kier alpha value is -3.55. The number of piperidine rings is 1. The van der Waals surface area contributed by atoms with Crippen LogP contribution in [0.2, 0.25) is 5.02 Å². The average molecular weight is 600 g/mol. The Balaban J connectivity index is 1.44. The van der Waals surface area contributed by atoms with Crippen molar-refractivity contribution in [3.63, 3.8) is 0 Å². The first-order valence-corrected chi connectivity index (χ1v) is 15.4. The zero-order valence-corrected chi connectivity index (χ0v) is 26.4. The van der Waals surface area contributed by atoms with Gasteiger partial charge in [0.05, 0.1) is 35.6 Å². The van der Waals surface area contributed by atoms with E-state index < -0.39 is 0 Å². The topological polar surface area (TPSA) is 45.6 Å². The average Bonchev–Trinajstić information content (AvgIpc) is 3.47. The molecule has 42 heavy (non-hydrogen) atoms. The number of halogens is 1. The van der Waals surface area contributed by atoms with Gasteiger partial charge in [-0.05, 0) is 98.4 Å². The lowest BCUT2D eigenvalue weighted by Crippen LogP contribution is -2.38. The summed E-state index contributed by atoms with van der Waals surface area (Å²) in [7, 11) is 1.70. The minimum absolute atomic E-state index is 0.130. The quantitative estimate of drug-likeness (QED) is 0.228. The number of thiocarbonyl (C=S) groups is 1. The van der Waals surface area contributed by atoms with Crippen molar-refractivity contribution in [1.82, 2.24) is 14.9 Å². The molecule has 8 heteroatoms. The molecule has 2 aromatic carbocycles. The molecule has 218 valence electrons. The minimum atomic E-state index is -0.139. The van der Waals surface area contributed by atoms with Gasteiger partial charge in [0.1, 0.15) is 5.75 Å². The van der Waals surface area contributed by atoms with E-state index in [4.69, 9.17) is 33.5 Å². The molecule has 1 N–H and O–H groups in total. The molecule has 2 aliphatic heterocycles. The number of nitrogens with one attached hydrogen (secondary N) is 1. The molecular weight excluding hydrogens is 562 g/mol. The van der Waals surface area contributed by atoms with E-state index in [0.29, 0.717) is 16.9 Å². The van der Waals surface area contributed by atoms with Crippen LogP contribution in [0, 0.1) is 25.7 Å². The molecule has 0 amide bonds. The molecule has 2 aromatic heterocycles. The molecule has 2 aliphatic rings. The normalized spacial score (nSPS) is 22.4. The standard InChI is InChI=1S/C34H38ClN5OS/c1-21-15-22(2)20-38(19-21)31-13-12-26(18-29(31)35)40-33(32(37-34(40)42)30-11-6-7-14-36-30)28-16-23(3)39(24(28)4)25-9-8-10-27(17-25)41-5/h6-14,16-18,21-22,32-33H,15,19-20H2,1-5H3,(H,37,42). The van der Waals surface area contributed by atoms with Crippen LogP contribution in [0.25, 0.3) is 5.69 Å². The molecule has 2 fully saturated rings. The Morgan fingerprint density at radius 1 is 0.952 bits per heavy atom. The molecule has 2 saturated heterocycles. The highest BCUT2D eigenvalue weighted by atomic mass is 35.5. The molecule has 0 bridgehead atoms. The number of pyridine rings is 1. The number of ether oxygens (including phenoxy) is 1. The summed E-state index contributed by atoms with van der Waals surface area (Å²) < 4.78 is 7.81. The third-order valence-corrected chi connectivity index (χ3v) is 9.23. The Morgan fingerprint density at radius 2 is 1.74 bits per heavy atom. The van der Waals surface area contributed by atoms with E-state index in [9.17, 15) is 0 Å². The van der Waals surface area contributed by atoms with Gasteiger partial charge < -0.3 is 24.4 Å². The summed E-state index contributed by atoms with van der Waals surface area (Å²) in [5, 5.41) is 5.01.